The SMILES string of the molecule is CCC(C)[C@H](N)C(=O)N1CCC(C(=O)O)CC1. The molecule has 1 aliphatic rings. The first-order chi connectivity index (χ1) is 7.97. The molecule has 1 unspecified atom stereocenters. The predicted octanol–water partition coefficient (Wildman–Crippen LogP) is 0.683. The molecular weight excluding hydrogens is 220 g/mol. The van der Waals surface area contributed by atoms with E-state index in [1.807, 2.05) is 13.8 Å². The molecule has 0 aromatic carbocycles. The van der Waals surface area contributed by atoms with Crippen LogP contribution in [0, 0.1) is 11.8 Å². The lowest BCUT2D eigenvalue weighted by Gasteiger charge is -2.33. The largest absolute Gasteiger partial charge is 0.481 e. The summed E-state index contributed by atoms with van der Waals surface area (Å²) in [6, 6.07) is -0.457. The van der Waals surface area contributed by atoms with Crippen LogP contribution < -0.4 is 5.73 Å². The van der Waals surface area contributed by atoms with E-state index in [-0.39, 0.29) is 17.7 Å². The summed E-state index contributed by atoms with van der Waals surface area (Å²) >= 11 is 0. The molecule has 1 rings (SSSR count). The number of nitrogens with zero attached hydrogens (tertiary/aromatic N) is 1. The van der Waals surface area contributed by atoms with Gasteiger partial charge in [0.05, 0.1) is 12.0 Å². The molecule has 0 aromatic rings. The topological polar surface area (TPSA) is 83.6 Å². The monoisotopic (exact) mass is 242 g/mol. The number of piperidine rings is 1. The maximum absolute atomic E-state index is 12.0. The maximum atomic E-state index is 12.0. The maximum Gasteiger partial charge on any atom is 0.306 e. The number of likely N-dealkylation sites (tertiary alicyclic amines) is 1. The molecule has 0 saturated carbocycles. The quantitative estimate of drug-likeness (QED) is 0.759. The summed E-state index contributed by atoms with van der Waals surface area (Å²) in [6.07, 6.45) is 1.95. The Labute approximate surface area is 102 Å². The lowest BCUT2D eigenvalue weighted by atomic mass is 9.94. The standard InChI is InChI=1S/C12H22N2O3/c1-3-8(2)10(13)11(15)14-6-4-9(5-7-14)12(16)17/h8-10H,3-7,13H2,1-2H3,(H,16,17)/t8?,10-/m0/s1. The van der Waals surface area contributed by atoms with Gasteiger partial charge in [-0.25, -0.2) is 0 Å². The van der Waals surface area contributed by atoms with Crippen molar-refractivity contribution < 1.29 is 14.7 Å². The zero-order valence-corrected chi connectivity index (χ0v) is 10.6. The molecule has 1 fully saturated rings. The van der Waals surface area contributed by atoms with E-state index in [4.69, 9.17) is 10.8 Å². The van der Waals surface area contributed by atoms with Gasteiger partial charge in [0.1, 0.15) is 0 Å². The molecular formula is C12H22N2O3. The number of nitrogens with two attached hydrogens (primary N) is 1. The molecule has 1 amide bonds. The van der Waals surface area contributed by atoms with E-state index in [2.05, 4.69) is 0 Å². The molecule has 3 N–H and O–H groups in total. The second-order valence-corrected chi connectivity index (χ2v) is 4.85. The van der Waals surface area contributed by atoms with Gasteiger partial charge in [-0.05, 0) is 18.8 Å². The van der Waals surface area contributed by atoms with Crippen LogP contribution in [0.4, 0.5) is 0 Å². The van der Waals surface area contributed by atoms with Gasteiger partial charge in [-0.15, -0.1) is 0 Å². The number of carboxylic acid groups (broad SMARTS) is 1. The molecule has 0 aliphatic carbocycles. The van der Waals surface area contributed by atoms with E-state index in [1.54, 1.807) is 4.90 Å². The van der Waals surface area contributed by atoms with E-state index in [0.717, 1.165) is 6.42 Å². The molecule has 0 aromatic heterocycles. The van der Waals surface area contributed by atoms with Crippen molar-refractivity contribution in [3.8, 4) is 0 Å². The number of hydrogen-bond acceptors (Lipinski definition) is 3. The van der Waals surface area contributed by atoms with Gasteiger partial charge in [-0.1, -0.05) is 20.3 Å². The van der Waals surface area contributed by atoms with Crippen molar-refractivity contribution in [2.24, 2.45) is 17.6 Å². The van der Waals surface area contributed by atoms with Gasteiger partial charge in [0, 0.05) is 13.1 Å². The number of amides is 1. The summed E-state index contributed by atoms with van der Waals surface area (Å²) in [5, 5.41) is 8.87. The summed E-state index contributed by atoms with van der Waals surface area (Å²) in [7, 11) is 0. The first kappa shape index (κ1) is 14.0. The first-order valence-corrected chi connectivity index (χ1v) is 6.24. The average molecular weight is 242 g/mol. The molecule has 2 atom stereocenters. The van der Waals surface area contributed by atoms with Crippen molar-refractivity contribution in [1.29, 1.82) is 0 Å². The first-order valence-electron chi connectivity index (χ1n) is 6.24. The van der Waals surface area contributed by atoms with Crippen LogP contribution in [-0.4, -0.2) is 41.0 Å². The van der Waals surface area contributed by atoms with Crippen molar-refractivity contribution >= 4 is 11.9 Å². The average Bonchev–Trinajstić information content (AvgIpc) is 2.36. The Morgan fingerprint density at radius 1 is 1.41 bits per heavy atom. The molecule has 0 spiro atoms. The summed E-state index contributed by atoms with van der Waals surface area (Å²) in [6.45, 7) is 5.00. The second-order valence-electron chi connectivity index (χ2n) is 4.85. The zero-order valence-electron chi connectivity index (χ0n) is 10.6. The molecule has 1 saturated heterocycles. The van der Waals surface area contributed by atoms with Crippen molar-refractivity contribution in [2.75, 3.05) is 13.1 Å². The van der Waals surface area contributed by atoms with Crippen LogP contribution in [0.1, 0.15) is 33.1 Å². The Kier molecular flexibility index (Phi) is 4.93. The third kappa shape index (κ3) is 3.43. The van der Waals surface area contributed by atoms with Crippen molar-refractivity contribution in [2.45, 2.75) is 39.2 Å². The summed E-state index contributed by atoms with van der Waals surface area (Å²) in [5.74, 6) is -0.940. The van der Waals surface area contributed by atoms with Crippen LogP contribution >= 0.6 is 0 Å². The minimum absolute atomic E-state index is 0.0387. The fourth-order valence-electron chi connectivity index (χ4n) is 2.05. The lowest BCUT2D eigenvalue weighted by Crippen LogP contribution is -2.50. The normalized spacial score (nSPS) is 21.0. The summed E-state index contributed by atoms with van der Waals surface area (Å²) in [4.78, 5) is 24.5. The predicted molar refractivity (Wildman–Crippen MR) is 64.4 cm³/mol. The van der Waals surface area contributed by atoms with Crippen LogP contribution in [0.5, 0.6) is 0 Å². The Morgan fingerprint density at radius 3 is 2.35 bits per heavy atom. The summed E-state index contributed by atoms with van der Waals surface area (Å²) in [5.41, 5.74) is 5.89. The molecule has 1 aliphatic heterocycles. The van der Waals surface area contributed by atoms with E-state index in [1.165, 1.54) is 0 Å². The summed E-state index contributed by atoms with van der Waals surface area (Å²) < 4.78 is 0. The van der Waals surface area contributed by atoms with Crippen molar-refractivity contribution in [3.63, 3.8) is 0 Å². The lowest BCUT2D eigenvalue weighted by molar-refractivity contribution is -0.146. The molecule has 17 heavy (non-hydrogen) atoms. The third-order valence-electron chi connectivity index (χ3n) is 3.70. The smallest absolute Gasteiger partial charge is 0.306 e. The van der Waals surface area contributed by atoms with Gasteiger partial charge in [-0.2, -0.15) is 0 Å². The molecule has 5 nitrogen and oxygen atoms in total. The Hall–Kier alpha value is -1.10. The van der Waals surface area contributed by atoms with Gasteiger partial charge < -0.3 is 15.7 Å². The number of aliphatic carboxylic acids is 1. The van der Waals surface area contributed by atoms with Gasteiger partial charge in [-0.3, -0.25) is 9.59 Å². The van der Waals surface area contributed by atoms with Crippen molar-refractivity contribution in [1.82, 2.24) is 4.90 Å². The highest BCUT2D eigenvalue weighted by Gasteiger charge is 2.30. The van der Waals surface area contributed by atoms with E-state index < -0.39 is 12.0 Å². The zero-order chi connectivity index (χ0) is 13.0. The fourth-order valence-corrected chi connectivity index (χ4v) is 2.05. The molecule has 98 valence electrons. The Balaban J connectivity index is 2.48. The minimum Gasteiger partial charge on any atom is -0.481 e. The number of carboxylic acids is 1. The number of carbonyl (C=O) groups is 2. The van der Waals surface area contributed by atoms with Gasteiger partial charge in [0.2, 0.25) is 5.91 Å². The van der Waals surface area contributed by atoms with Crippen LogP contribution in [-0.2, 0) is 9.59 Å². The molecule has 1 heterocycles. The fraction of sp³-hybridized carbons (Fsp3) is 0.833. The second kappa shape index (κ2) is 6.00. The number of rotatable bonds is 4. The van der Waals surface area contributed by atoms with Crippen molar-refractivity contribution in [3.05, 3.63) is 0 Å². The highest BCUT2D eigenvalue weighted by molar-refractivity contribution is 5.82. The van der Waals surface area contributed by atoms with E-state index in [9.17, 15) is 9.59 Å². The minimum atomic E-state index is -0.761. The van der Waals surface area contributed by atoms with E-state index >= 15 is 0 Å². The van der Waals surface area contributed by atoms with Gasteiger partial charge in [0.25, 0.3) is 0 Å². The van der Waals surface area contributed by atoms with Crippen LogP contribution in [0.15, 0.2) is 0 Å². The Bertz CT molecular complexity index is 285. The highest BCUT2D eigenvalue weighted by atomic mass is 16.4. The highest BCUT2D eigenvalue weighted by Crippen LogP contribution is 2.19. The van der Waals surface area contributed by atoms with Crippen LogP contribution in [0.25, 0.3) is 0 Å². The molecule has 5 heteroatoms. The Morgan fingerprint density at radius 2 is 1.94 bits per heavy atom. The molecule has 0 bridgehead atoms. The third-order valence-corrected chi connectivity index (χ3v) is 3.70. The number of hydrogen-bond donors (Lipinski definition) is 2. The van der Waals surface area contributed by atoms with E-state index in [0.29, 0.717) is 25.9 Å². The molecule has 0 radical (unpaired) electrons. The van der Waals surface area contributed by atoms with Gasteiger partial charge in [0.15, 0.2) is 0 Å². The number of carbonyl (C=O) groups excluding carboxylic acids is 1. The van der Waals surface area contributed by atoms with Crippen LogP contribution in [0.3, 0.4) is 0 Å². The van der Waals surface area contributed by atoms with Gasteiger partial charge >= 0.3 is 5.97 Å². The van der Waals surface area contributed by atoms with Crippen LogP contribution in [0.2, 0.25) is 0 Å².